The van der Waals surface area contributed by atoms with Crippen molar-refractivity contribution < 1.29 is 14.4 Å². The molecule has 0 aromatic carbocycles. The second-order valence-corrected chi connectivity index (χ2v) is 6.30. The molecule has 1 saturated carbocycles. The first kappa shape index (κ1) is 14.4. The van der Waals surface area contributed by atoms with Crippen molar-refractivity contribution in [3.05, 3.63) is 0 Å². The average Bonchev–Trinajstić information content (AvgIpc) is 3.35. The van der Waals surface area contributed by atoms with Crippen molar-refractivity contribution in [3.8, 4) is 0 Å². The number of carbonyl (C=O) groups is 3. The van der Waals surface area contributed by atoms with Gasteiger partial charge in [0.05, 0.1) is 11.8 Å². The van der Waals surface area contributed by atoms with Crippen LogP contribution in [0.25, 0.3) is 0 Å². The van der Waals surface area contributed by atoms with E-state index in [9.17, 15) is 14.4 Å². The molecular formula is C15H23N3O3. The molecule has 2 saturated heterocycles. The number of carbonyl (C=O) groups excluding carboxylic acids is 3. The Morgan fingerprint density at radius 3 is 1.81 bits per heavy atom. The summed E-state index contributed by atoms with van der Waals surface area (Å²) in [7, 11) is 0. The third kappa shape index (κ3) is 3.04. The minimum Gasteiger partial charge on any atom is -0.342 e. The molecule has 0 N–H and O–H groups in total. The molecule has 3 rings (SSSR count). The summed E-state index contributed by atoms with van der Waals surface area (Å²) in [4.78, 5) is 40.9. The van der Waals surface area contributed by atoms with Crippen LogP contribution in [-0.4, -0.2) is 72.2 Å². The highest BCUT2D eigenvalue weighted by Gasteiger charge is 2.51. The Hall–Kier alpha value is -1.59. The minimum atomic E-state index is -0.109. The van der Waals surface area contributed by atoms with Crippen molar-refractivity contribution in [2.75, 3.05) is 39.3 Å². The van der Waals surface area contributed by atoms with Gasteiger partial charge in [-0.1, -0.05) is 0 Å². The Bertz CT molecular complexity index is 426. The highest BCUT2D eigenvalue weighted by Crippen LogP contribution is 2.41. The first-order chi connectivity index (χ1) is 10.2. The molecule has 0 bridgehead atoms. The van der Waals surface area contributed by atoms with Crippen LogP contribution in [-0.2, 0) is 14.4 Å². The van der Waals surface area contributed by atoms with E-state index in [0.717, 1.165) is 32.3 Å². The Morgan fingerprint density at radius 2 is 1.29 bits per heavy atom. The van der Waals surface area contributed by atoms with Crippen LogP contribution in [0.2, 0.25) is 0 Å². The number of piperidine rings is 1. The highest BCUT2D eigenvalue weighted by molar-refractivity contribution is 5.92. The Morgan fingerprint density at radius 1 is 0.762 bits per heavy atom. The van der Waals surface area contributed by atoms with Gasteiger partial charge >= 0.3 is 0 Å². The quantitative estimate of drug-likeness (QED) is 0.685. The monoisotopic (exact) mass is 293 g/mol. The van der Waals surface area contributed by atoms with Gasteiger partial charge in [-0.3, -0.25) is 14.4 Å². The molecule has 2 aliphatic heterocycles. The number of hydrogen-bond acceptors (Lipinski definition) is 3. The van der Waals surface area contributed by atoms with E-state index in [-0.39, 0.29) is 23.7 Å². The van der Waals surface area contributed by atoms with E-state index in [1.165, 1.54) is 6.42 Å². The normalized spacial score (nSPS) is 29.2. The lowest BCUT2D eigenvalue weighted by atomic mass is 10.1. The molecule has 2 unspecified atom stereocenters. The third-order valence-corrected chi connectivity index (χ3v) is 4.87. The van der Waals surface area contributed by atoms with Crippen molar-refractivity contribution in [3.63, 3.8) is 0 Å². The molecule has 3 amide bonds. The van der Waals surface area contributed by atoms with Gasteiger partial charge in [0.25, 0.3) is 0 Å². The van der Waals surface area contributed by atoms with E-state index in [0.29, 0.717) is 32.6 Å². The van der Waals surface area contributed by atoms with E-state index in [4.69, 9.17) is 0 Å². The van der Waals surface area contributed by atoms with Gasteiger partial charge in [-0.2, -0.15) is 0 Å². The largest absolute Gasteiger partial charge is 0.342 e. The van der Waals surface area contributed by atoms with Gasteiger partial charge in [0, 0.05) is 39.3 Å². The average molecular weight is 293 g/mol. The molecule has 0 aromatic rings. The summed E-state index contributed by atoms with van der Waals surface area (Å²) >= 11 is 0. The maximum Gasteiger partial charge on any atom is 0.226 e. The maximum atomic E-state index is 12.4. The van der Waals surface area contributed by atoms with E-state index >= 15 is 0 Å². The molecule has 3 aliphatic rings. The van der Waals surface area contributed by atoms with Crippen LogP contribution in [0.1, 0.15) is 25.7 Å². The van der Waals surface area contributed by atoms with Gasteiger partial charge in [0.1, 0.15) is 0 Å². The van der Waals surface area contributed by atoms with Crippen molar-refractivity contribution in [2.45, 2.75) is 25.7 Å². The molecule has 2 heterocycles. The van der Waals surface area contributed by atoms with Crippen molar-refractivity contribution >= 4 is 18.2 Å². The van der Waals surface area contributed by atoms with Gasteiger partial charge < -0.3 is 14.7 Å². The maximum absolute atomic E-state index is 12.4. The van der Waals surface area contributed by atoms with Gasteiger partial charge in [0.2, 0.25) is 18.2 Å². The van der Waals surface area contributed by atoms with Gasteiger partial charge in [-0.25, -0.2) is 0 Å². The zero-order valence-electron chi connectivity index (χ0n) is 12.4. The highest BCUT2D eigenvalue weighted by atomic mass is 16.2. The lowest BCUT2D eigenvalue weighted by Crippen LogP contribution is -2.49. The lowest BCUT2D eigenvalue weighted by Gasteiger charge is -2.33. The van der Waals surface area contributed by atoms with E-state index in [1.54, 1.807) is 4.90 Å². The summed E-state index contributed by atoms with van der Waals surface area (Å²) in [6, 6.07) is 0. The first-order valence-corrected chi connectivity index (χ1v) is 7.97. The molecule has 0 aromatic heterocycles. The van der Waals surface area contributed by atoms with Crippen molar-refractivity contribution in [1.29, 1.82) is 0 Å². The molecule has 6 heteroatoms. The smallest absolute Gasteiger partial charge is 0.226 e. The minimum absolute atomic E-state index is 0.0836. The second kappa shape index (κ2) is 6.03. The van der Waals surface area contributed by atoms with Crippen LogP contribution in [0.4, 0.5) is 0 Å². The van der Waals surface area contributed by atoms with Crippen LogP contribution in [0.15, 0.2) is 0 Å². The molecule has 21 heavy (non-hydrogen) atoms. The number of likely N-dealkylation sites (tertiary alicyclic amines) is 1. The molecular weight excluding hydrogens is 270 g/mol. The molecule has 1 aliphatic carbocycles. The van der Waals surface area contributed by atoms with Gasteiger partial charge in [0.15, 0.2) is 0 Å². The van der Waals surface area contributed by atoms with Crippen LogP contribution in [0.3, 0.4) is 0 Å². The van der Waals surface area contributed by atoms with Crippen LogP contribution >= 0.6 is 0 Å². The number of hydrogen-bond donors (Lipinski definition) is 0. The molecule has 0 radical (unpaired) electrons. The molecule has 3 fully saturated rings. The van der Waals surface area contributed by atoms with Crippen LogP contribution < -0.4 is 0 Å². The fourth-order valence-electron chi connectivity index (χ4n) is 3.37. The standard InChI is InChI=1S/C15H23N3O3/c19-11-16-6-8-18(9-7-16)15(21)13-10-12(13)14(20)17-4-2-1-3-5-17/h11-13H,1-10H2. The summed E-state index contributed by atoms with van der Waals surface area (Å²) in [5, 5.41) is 0. The van der Waals surface area contributed by atoms with E-state index < -0.39 is 0 Å². The Balaban J connectivity index is 1.49. The van der Waals surface area contributed by atoms with Crippen LogP contribution in [0.5, 0.6) is 0 Å². The van der Waals surface area contributed by atoms with Crippen molar-refractivity contribution in [1.82, 2.24) is 14.7 Å². The Labute approximate surface area is 125 Å². The van der Waals surface area contributed by atoms with Crippen molar-refractivity contribution in [2.24, 2.45) is 11.8 Å². The summed E-state index contributed by atoms with van der Waals surface area (Å²) in [5.41, 5.74) is 0. The zero-order chi connectivity index (χ0) is 14.8. The number of nitrogens with zero attached hydrogens (tertiary/aromatic N) is 3. The number of rotatable bonds is 3. The number of amides is 3. The SMILES string of the molecule is O=CN1CCN(C(=O)C2CC2C(=O)N2CCCCC2)CC1. The summed E-state index contributed by atoms with van der Waals surface area (Å²) in [6.45, 7) is 4.11. The number of piperazine rings is 1. The van der Waals surface area contributed by atoms with E-state index in [2.05, 4.69) is 0 Å². The fraction of sp³-hybridized carbons (Fsp3) is 0.800. The fourth-order valence-corrected chi connectivity index (χ4v) is 3.37. The predicted octanol–water partition coefficient (Wildman–Crippen LogP) is -0.0644. The molecule has 2 atom stereocenters. The van der Waals surface area contributed by atoms with Crippen LogP contribution in [0, 0.1) is 11.8 Å². The summed E-state index contributed by atoms with van der Waals surface area (Å²) in [5.74, 6) is 0.0948. The molecule has 6 nitrogen and oxygen atoms in total. The first-order valence-electron chi connectivity index (χ1n) is 7.97. The zero-order valence-corrected chi connectivity index (χ0v) is 12.4. The molecule has 0 spiro atoms. The predicted molar refractivity (Wildman–Crippen MR) is 76.2 cm³/mol. The van der Waals surface area contributed by atoms with Gasteiger partial charge in [-0.15, -0.1) is 0 Å². The Kier molecular flexibility index (Phi) is 4.12. The molecule has 116 valence electrons. The third-order valence-electron chi connectivity index (χ3n) is 4.87. The van der Waals surface area contributed by atoms with E-state index in [1.807, 2.05) is 9.80 Å². The second-order valence-electron chi connectivity index (χ2n) is 6.30. The lowest BCUT2D eigenvalue weighted by molar-refractivity contribution is -0.140. The summed E-state index contributed by atoms with van der Waals surface area (Å²) < 4.78 is 0. The topological polar surface area (TPSA) is 60.9 Å². The van der Waals surface area contributed by atoms with Gasteiger partial charge in [-0.05, 0) is 25.7 Å². The summed E-state index contributed by atoms with van der Waals surface area (Å²) in [6.07, 6.45) is 4.93.